The molecule has 0 fully saturated rings. The van der Waals surface area contributed by atoms with Crippen LogP contribution in [0.15, 0.2) is 34.9 Å². The Bertz CT molecular complexity index is 490. The molecule has 0 aliphatic heterocycles. The van der Waals surface area contributed by atoms with Crippen molar-refractivity contribution in [2.45, 2.75) is 0 Å². The molecular weight excluding hydrogens is 246 g/mol. The number of ether oxygens (including phenoxy) is 1. The Hall–Kier alpha value is -1.29. The number of aromatic nitrogens is 1. The molecule has 14 heavy (non-hydrogen) atoms. The zero-order chi connectivity index (χ0) is 10.1. The van der Waals surface area contributed by atoms with Gasteiger partial charge in [-0.05, 0) is 18.2 Å². The summed E-state index contributed by atoms with van der Waals surface area (Å²) in [6, 6.07) is 7.63. The number of methoxy groups -OCH3 is 1. The number of carbonyl (C=O) groups is 1. The van der Waals surface area contributed by atoms with Gasteiger partial charge in [0.15, 0.2) is 0 Å². The molecule has 1 aromatic heterocycles. The van der Waals surface area contributed by atoms with Gasteiger partial charge in [-0.1, -0.05) is 22.0 Å². The maximum absolute atomic E-state index is 11.3. The maximum atomic E-state index is 11.3. The second-order valence-electron chi connectivity index (χ2n) is 2.86. The van der Waals surface area contributed by atoms with E-state index < -0.39 is 0 Å². The summed E-state index contributed by atoms with van der Waals surface area (Å²) in [5, 5.41) is 1.01. The van der Waals surface area contributed by atoms with Crippen LogP contribution in [0.1, 0.15) is 0 Å². The summed E-state index contributed by atoms with van der Waals surface area (Å²) in [6.07, 6.45) is 1.32. The van der Waals surface area contributed by atoms with Crippen LogP contribution in [0.3, 0.4) is 0 Å². The van der Waals surface area contributed by atoms with Gasteiger partial charge in [0, 0.05) is 16.1 Å². The topological polar surface area (TPSA) is 31.2 Å². The summed E-state index contributed by atoms with van der Waals surface area (Å²) in [5.74, 6) is 0. The second-order valence-corrected chi connectivity index (χ2v) is 3.77. The van der Waals surface area contributed by atoms with Crippen molar-refractivity contribution in [3.63, 3.8) is 0 Å². The summed E-state index contributed by atoms with van der Waals surface area (Å²) in [4.78, 5) is 11.3. The first-order valence-electron chi connectivity index (χ1n) is 4.07. The lowest BCUT2D eigenvalue weighted by Crippen LogP contribution is -2.09. The second kappa shape index (κ2) is 3.46. The van der Waals surface area contributed by atoms with Gasteiger partial charge in [0.1, 0.15) is 0 Å². The lowest BCUT2D eigenvalue weighted by atomic mass is 10.2. The van der Waals surface area contributed by atoms with Crippen molar-refractivity contribution in [2.24, 2.45) is 0 Å². The standard InChI is InChI=1S/C10H8BrNO2/c1-14-10(13)12-5-4-7-2-3-8(11)6-9(7)12/h2-6H,1H3. The van der Waals surface area contributed by atoms with Gasteiger partial charge in [0.25, 0.3) is 0 Å². The Morgan fingerprint density at radius 2 is 2.21 bits per heavy atom. The number of hydrogen-bond donors (Lipinski definition) is 0. The van der Waals surface area contributed by atoms with Crippen molar-refractivity contribution in [2.75, 3.05) is 7.11 Å². The van der Waals surface area contributed by atoms with E-state index in [2.05, 4.69) is 20.7 Å². The minimum absolute atomic E-state index is 0.377. The van der Waals surface area contributed by atoms with Crippen LogP contribution in [-0.2, 0) is 4.74 Å². The lowest BCUT2D eigenvalue weighted by Gasteiger charge is -2.01. The summed E-state index contributed by atoms with van der Waals surface area (Å²) >= 11 is 3.36. The van der Waals surface area contributed by atoms with E-state index in [1.807, 2.05) is 24.3 Å². The van der Waals surface area contributed by atoms with Gasteiger partial charge in [-0.2, -0.15) is 0 Å². The third-order valence-corrected chi connectivity index (χ3v) is 2.52. The molecule has 0 radical (unpaired) electrons. The molecule has 0 saturated carbocycles. The van der Waals surface area contributed by atoms with E-state index in [1.54, 1.807) is 6.20 Å². The van der Waals surface area contributed by atoms with E-state index in [4.69, 9.17) is 0 Å². The SMILES string of the molecule is COC(=O)n1ccc2ccc(Br)cc21. The molecule has 0 N–H and O–H groups in total. The van der Waals surface area contributed by atoms with Gasteiger partial charge >= 0.3 is 6.09 Å². The van der Waals surface area contributed by atoms with Crippen LogP contribution in [0.4, 0.5) is 4.79 Å². The summed E-state index contributed by atoms with van der Waals surface area (Å²) in [7, 11) is 1.37. The first-order valence-corrected chi connectivity index (χ1v) is 4.86. The molecule has 72 valence electrons. The molecule has 0 bridgehead atoms. The molecule has 0 aliphatic rings. The molecule has 3 nitrogen and oxygen atoms in total. The van der Waals surface area contributed by atoms with Crippen molar-refractivity contribution < 1.29 is 9.53 Å². The zero-order valence-electron chi connectivity index (χ0n) is 7.53. The van der Waals surface area contributed by atoms with Crippen LogP contribution in [0.25, 0.3) is 10.9 Å². The largest absolute Gasteiger partial charge is 0.452 e. The lowest BCUT2D eigenvalue weighted by molar-refractivity contribution is 0.174. The molecule has 0 aliphatic carbocycles. The van der Waals surface area contributed by atoms with E-state index in [9.17, 15) is 4.79 Å². The van der Waals surface area contributed by atoms with E-state index in [0.29, 0.717) is 0 Å². The van der Waals surface area contributed by atoms with E-state index in [1.165, 1.54) is 11.7 Å². The quantitative estimate of drug-likeness (QED) is 0.723. The normalized spacial score (nSPS) is 10.4. The number of halogens is 1. The van der Waals surface area contributed by atoms with Crippen LogP contribution >= 0.6 is 15.9 Å². The Kier molecular flexibility index (Phi) is 2.29. The van der Waals surface area contributed by atoms with Crippen LogP contribution in [0, 0.1) is 0 Å². The minimum atomic E-state index is -0.377. The highest BCUT2D eigenvalue weighted by atomic mass is 79.9. The van der Waals surface area contributed by atoms with Crippen LogP contribution < -0.4 is 0 Å². The summed E-state index contributed by atoms with van der Waals surface area (Å²) < 4.78 is 7.06. The molecule has 1 heterocycles. The van der Waals surface area contributed by atoms with E-state index in [-0.39, 0.29) is 6.09 Å². The fourth-order valence-corrected chi connectivity index (χ4v) is 1.71. The van der Waals surface area contributed by atoms with E-state index in [0.717, 1.165) is 15.4 Å². The number of benzene rings is 1. The fourth-order valence-electron chi connectivity index (χ4n) is 1.36. The van der Waals surface area contributed by atoms with Gasteiger partial charge in [-0.25, -0.2) is 4.79 Å². The average molecular weight is 254 g/mol. The predicted octanol–water partition coefficient (Wildman–Crippen LogP) is 3.02. The van der Waals surface area contributed by atoms with Gasteiger partial charge < -0.3 is 4.74 Å². The summed E-state index contributed by atoms with van der Waals surface area (Å²) in [6.45, 7) is 0. The van der Waals surface area contributed by atoms with Crippen molar-refractivity contribution in [3.8, 4) is 0 Å². The smallest absolute Gasteiger partial charge is 0.418 e. The Labute approximate surface area is 89.4 Å². The predicted molar refractivity (Wildman–Crippen MR) is 57.4 cm³/mol. The zero-order valence-corrected chi connectivity index (χ0v) is 9.11. The first kappa shape index (κ1) is 9.27. The Balaban J connectivity index is 2.67. The minimum Gasteiger partial charge on any atom is -0.452 e. The van der Waals surface area contributed by atoms with Crippen LogP contribution in [0.2, 0.25) is 0 Å². The van der Waals surface area contributed by atoms with Gasteiger partial charge in [0.2, 0.25) is 0 Å². The van der Waals surface area contributed by atoms with E-state index >= 15 is 0 Å². The molecular formula is C10H8BrNO2. The molecule has 0 saturated heterocycles. The highest BCUT2D eigenvalue weighted by molar-refractivity contribution is 9.10. The number of nitrogens with zero attached hydrogens (tertiary/aromatic N) is 1. The average Bonchev–Trinajstić information content (AvgIpc) is 2.59. The Morgan fingerprint density at radius 1 is 1.43 bits per heavy atom. The molecule has 1 aromatic carbocycles. The van der Waals surface area contributed by atoms with Gasteiger partial charge in [-0.3, -0.25) is 4.57 Å². The number of hydrogen-bond acceptors (Lipinski definition) is 2. The molecule has 0 spiro atoms. The molecule has 4 heteroatoms. The number of fused-ring (bicyclic) bond motifs is 1. The van der Waals surface area contributed by atoms with Crippen LogP contribution in [-0.4, -0.2) is 17.8 Å². The third kappa shape index (κ3) is 1.42. The molecule has 0 amide bonds. The third-order valence-electron chi connectivity index (χ3n) is 2.03. The monoisotopic (exact) mass is 253 g/mol. The fraction of sp³-hybridized carbons (Fsp3) is 0.100. The molecule has 2 aromatic rings. The molecule has 2 rings (SSSR count). The highest BCUT2D eigenvalue weighted by Gasteiger charge is 2.07. The highest BCUT2D eigenvalue weighted by Crippen LogP contribution is 2.20. The van der Waals surface area contributed by atoms with Crippen molar-refractivity contribution in [3.05, 3.63) is 34.9 Å². The Morgan fingerprint density at radius 3 is 2.93 bits per heavy atom. The maximum Gasteiger partial charge on any atom is 0.418 e. The van der Waals surface area contributed by atoms with Crippen LogP contribution in [0.5, 0.6) is 0 Å². The number of carbonyl (C=O) groups excluding carboxylic acids is 1. The first-order chi connectivity index (χ1) is 6.72. The molecule has 0 unspecified atom stereocenters. The van der Waals surface area contributed by atoms with Gasteiger partial charge in [0.05, 0.1) is 12.6 Å². The number of rotatable bonds is 0. The van der Waals surface area contributed by atoms with Crippen molar-refractivity contribution in [1.29, 1.82) is 0 Å². The van der Waals surface area contributed by atoms with Crippen molar-refractivity contribution in [1.82, 2.24) is 4.57 Å². The summed E-state index contributed by atoms with van der Waals surface area (Å²) in [5.41, 5.74) is 0.839. The van der Waals surface area contributed by atoms with Gasteiger partial charge in [-0.15, -0.1) is 0 Å². The van der Waals surface area contributed by atoms with Crippen molar-refractivity contribution >= 4 is 32.9 Å². The molecule has 0 atom stereocenters.